The van der Waals surface area contributed by atoms with E-state index in [9.17, 15) is 40.2 Å². The van der Waals surface area contributed by atoms with E-state index in [2.05, 4.69) is 0 Å². The summed E-state index contributed by atoms with van der Waals surface area (Å²) in [6.45, 7) is -0.481. The van der Waals surface area contributed by atoms with E-state index in [0.717, 1.165) is 12.1 Å². The van der Waals surface area contributed by atoms with Gasteiger partial charge in [0.05, 0.1) is 25.9 Å². The minimum atomic E-state index is -1.80. The van der Waals surface area contributed by atoms with E-state index >= 15 is 0 Å². The van der Waals surface area contributed by atoms with Gasteiger partial charge in [0.15, 0.2) is 34.5 Å². The fourth-order valence-corrected chi connectivity index (χ4v) is 4.73. The van der Waals surface area contributed by atoms with E-state index < -0.39 is 54.5 Å². The number of hydrogen-bond donors (Lipinski definition) is 6. The molecule has 14 heteroatoms. The molecule has 242 valence electrons. The SMILES string of the molecule is COc1cc(-c2oc3cc(=O)cc(O)c-3cc2O[C@@H]2O[C@H](COC(=[OH+])C=Cc3ccc(O)cc3)[C@@H](O)[C@H](O)[C@H]2O)cc(OC)c1O. The van der Waals surface area contributed by atoms with Gasteiger partial charge in [-0.1, -0.05) is 12.1 Å². The minimum Gasteiger partial charge on any atom is -0.508 e. The summed E-state index contributed by atoms with van der Waals surface area (Å²) in [5.41, 5.74) is 0.372. The van der Waals surface area contributed by atoms with Crippen LogP contribution in [0.3, 0.4) is 0 Å². The fraction of sp³-hybridized carbons (Fsp3) is 0.250. The van der Waals surface area contributed by atoms with Crippen molar-refractivity contribution in [2.24, 2.45) is 0 Å². The van der Waals surface area contributed by atoms with E-state index in [-0.39, 0.29) is 51.4 Å². The van der Waals surface area contributed by atoms with Crippen LogP contribution in [-0.4, -0.2) is 92.9 Å². The van der Waals surface area contributed by atoms with Crippen molar-refractivity contribution in [2.45, 2.75) is 30.7 Å². The average molecular weight is 640 g/mol. The molecule has 0 aromatic heterocycles. The zero-order chi connectivity index (χ0) is 33.1. The second-order valence-electron chi connectivity index (χ2n) is 10.2. The van der Waals surface area contributed by atoms with Gasteiger partial charge >= 0.3 is 5.97 Å². The van der Waals surface area contributed by atoms with Crippen LogP contribution >= 0.6 is 0 Å². The maximum Gasteiger partial charge on any atom is 0.510 e. The van der Waals surface area contributed by atoms with Crippen LogP contribution in [0.1, 0.15) is 5.56 Å². The number of esters is 1. The zero-order valence-corrected chi connectivity index (χ0v) is 24.4. The van der Waals surface area contributed by atoms with Crippen molar-refractivity contribution in [1.29, 1.82) is 0 Å². The summed E-state index contributed by atoms with van der Waals surface area (Å²) in [4.78, 5) is 22.3. The molecule has 7 N–H and O–H groups in total. The molecular weight excluding hydrogens is 608 g/mol. The Kier molecular flexibility index (Phi) is 9.34. The lowest BCUT2D eigenvalue weighted by Gasteiger charge is -2.39. The third-order valence-electron chi connectivity index (χ3n) is 7.17. The molecule has 0 spiro atoms. The number of carbonyl (C=O) groups excluding carboxylic acids is 1. The molecule has 0 radical (unpaired) electrons. The summed E-state index contributed by atoms with van der Waals surface area (Å²) in [5, 5.41) is 62.3. The van der Waals surface area contributed by atoms with Gasteiger partial charge in [-0.25, -0.2) is 0 Å². The molecule has 0 amide bonds. The maximum absolute atomic E-state index is 12.1. The van der Waals surface area contributed by atoms with E-state index in [4.69, 9.17) is 28.1 Å². The molecule has 0 bridgehead atoms. The van der Waals surface area contributed by atoms with Crippen molar-refractivity contribution in [1.82, 2.24) is 0 Å². The van der Waals surface area contributed by atoms with Crippen molar-refractivity contribution < 1.29 is 63.5 Å². The number of rotatable bonds is 9. The van der Waals surface area contributed by atoms with Crippen molar-refractivity contribution in [3.8, 4) is 57.1 Å². The number of phenols is 3. The number of methoxy groups -OCH3 is 2. The van der Waals surface area contributed by atoms with Gasteiger partial charge in [-0.05, 0) is 42.0 Å². The highest BCUT2D eigenvalue weighted by atomic mass is 16.7. The van der Waals surface area contributed by atoms with Crippen LogP contribution in [0.5, 0.6) is 34.5 Å². The first kappa shape index (κ1) is 32.1. The Bertz CT molecular complexity index is 1740. The van der Waals surface area contributed by atoms with E-state index in [0.29, 0.717) is 5.56 Å². The molecule has 14 nitrogen and oxygen atoms in total. The number of aromatic hydroxyl groups is 3. The first-order chi connectivity index (χ1) is 22.0. The molecule has 2 aliphatic heterocycles. The largest absolute Gasteiger partial charge is 0.510 e. The number of ether oxygens (including phenoxy) is 5. The predicted molar refractivity (Wildman–Crippen MR) is 161 cm³/mol. The van der Waals surface area contributed by atoms with Crippen LogP contribution in [0, 0.1) is 0 Å². The Balaban J connectivity index is 1.44. The summed E-state index contributed by atoms with van der Waals surface area (Å²) >= 11 is 0. The monoisotopic (exact) mass is 639 g/mol. The molecule has 1 saturated heterocycles. The minimum absolute atomic E-state index is 0.00348. The number of aliphatic hydroxyl groups is 3. The summed E-state index contributed by atoms with van der Waals surface area (Å²) < 4.78 is 33.4. The Morgan fingerprint density at radius 1 is 0.891 bits per heavy atom. The molecule has 2 aromatic rings. The number of fused-ring (bicyclic) bond motifs is 1. The molecule has 46 heavy (non-hydrogen) atoms. The van der Waals surface area contributed by atoms with Gasteiger partial charge in [0.1, 0.15) is 35.6 Å². The van der Waals surface area contributed by atoms with Crippen LogP contribution in [0.2, 0.25) is 0 Å². The summed E-state index contributed by atoms with van der Waals surface area (Å²) in [7, 11) is 2.63. The highest BCUT2D eigenvalue weighted by molar-refractivity contribution is 5.88. The summed E-state index contributed by atoms with van der Waals surface area (Å²) in [5.74, 6) is -1.49. The third kappa shape index (κ3) is 6.69. The standard InChI is InChI=1S/C32H30O14/c1-41-22-9-16(10-23(42-2)27(22)37)31-24(13-19-20(35)11-18(34)12-21(19)44-31)45-32-30(40)29(39)28(38)25(46-32)14-43-26(36)8-5-15-3-6-17(33)7-4-15/h3-13,25,28-30,32-33,35,37-40H,14H2,1-2H3/p+1/t25-,28-,29+,30-,32-/m1/s1. The molecule has 5 atom stereocenters. The van der Waals surface area contributed by atoms with E-state index in [1.54, 1.807) is 12.1 Å². The van der Waals surface area contributed by atoms with Crippen molar-refractivity contribution >= 4 is 12.0 Å². The Hall–Kier alpha value is -5.28. The first-order valence-corrected chi connectivity index (χ1v) is 13.8. The van der Waals surface area contributed by atoms with Crippen LogP contribution in [0.15, 0.2) is 69.9 Å². The summed E-state index contributed by atoms with van der Waals surface area (Å²) in [6, 6.07) is 12.3. The van der Waals surface area contributed by atoms with Crippen molar-refractivity contribution in [3.63, 3.8) is 0 Å². The molecule has 1 fully saturated rings. The van der Waals surface area contributed by atoms with Gasteiger partial charge < -0.3 is 63.5 Å². The Morgan fingerprint density at radius 3 is 2.22 bits per heavy atom. The lowest BCUT2D eigenvalue weighted by Crippen LogP contribution is -2.60. The molecule has 1 aliphatic carbocycles. The quantitative estimate of drug-likeness (QED) is 0.0878. The fourth-order valence-electron chi connectivity index (χ4n) is 4.73. The Morgan fingerprint density at radius 2 is 1.57 bits per heavy atom. The van der Waals surface area contributed by atoms with E-state index in [1.807, 2.05) is 0 Å². The van der Waals surface area contributed by atoms with Gasteiger partial charge in [-0.15, -0.1) is 0 Å². The van der Waals surface area contributed by atoms with Gasteiger partial charge in [-0.2, -0.15) is 0 Å². The lowest BCUT2D eigenvalue weighted by molar-refractivity contribution is -0.276. The second kappa shape index (κ2) is 13.4. The molecule has 2 aromatic carbocycles. The summed E-state index contributed by atoms with van der Waals surface area (Å²) in [6.07, 6.45) is -5.50. The smallest absolute Gasteiger partial charge is 0.508 e. The zero-order valence-electron chi connectivity index (χ0n) is 24.4. The second-order valence-corrected chi connectivity index (χ2v) is 10.2. The van der Waals surface area contributed by atoms with E-state index in [1.165, 1.54) is 56.7 Å². The number of aliphatic hydroxyl groups excluding tert-OH is 3. The molecule has 0 unspecified atom stereocenters. The molecule has 5 rings (SSSR count). The Labute approximate surface area is 260 Å². The molecule has 0 saturated carbocycles. The third-order valence-corrected chi connectivity index (χ3v) is 7.17. The molecule has 3 aliphatic rings. The maximum atomic E-state index is 12.1. The topological polar surface area (TPSA) is 219 Å². The normalized spacial score (nSPS) is 21.3. The predicted octanol–water partition coefficient (Wildman–Crippen LogP) is 1.96. The van der Waals surface area contributed by atoms with Crippen molar-refractivity contribution in [3.05, 3.63) is 76.5 Å². The van der Waals surface area contributed by atoms with Gasteiger partial charge in [0, 0.05) is 17.7 Å². The molecule has 2 heterocycles. The lowest BCUT2D eigenvalue weighted by atomic mass is 9.99. The highest BCUT2D eigenvalue weighted by Crippen LogP contribution is 2.46. The van der Waals surface area contributed by atoms with Crippen molar-refractivity contribution in [2.75, 3.05) is 20.8 Å². The van der Waals surface area contributed by atoms with Gasteiger partial charge in [0.25, 0.3) is 0 Å². The number of phenolic OH excluding ortho intramolecular Hbond substituents is 3. The molecular formula is C32H31O14+. The van der Waals surface area contributed by atoms with Crippen LogP contribution in [0.4, 0.5) is 0 Å². The highest BCUT2D eigenvalue weighted by Gasteiger charge is 2.47. The number of hydrogen-bond acceptors (Lipinski definition) is 13. The number of benzene rings is 3. The average Bonchev–Trinajstić information content (AvgIpc) is 3.04. The first-order valence-electron chi connectivity index (χ1n) is 13.8. The van der Waals surface area contributed by atoms with Gasteiger partial charge in [0.2, 0.25) is 18.6 Å². The van der Waals surface area contributed by atoms with Crippen LogP contribution < -0.4 is 19.6 Å². The van der Waals surface area contributed by atoms with Crippen LogP contribution in [-0.2, 0) is 9.47 Å². The van der Waals surface area contributed by atoms with Gasteiger partial charge in [-0.3, -0.25) is 4.79 Å². The van der Waals surface area contributed by atoms with Crippen LogP contribution in [0.25, 0.3) is 28.7 Å².